The Morgan fingerprint density at radius 3 is 1.46 bits per heavy atom. The molecule has 0 aliphatic carbocycles. The van der Waals surface area contributed by atoms with Gasteiger partial charge in [-0.2, -0.15) is 0 Å². The van der Waals surface area contributed by atoms with Gasteiger partial charge >= 0.3 is 0 Å². The van der Waals surface area contributed by atoms with Crippen LogP contribution in [0.1, 0.15) is 11.1 Å². The molecule has 0 radical (unpaired) electrons. The number of hydrogen-bond donors (Lipinski definition) is 0. The van der Waals surface area contributed by atoms with Crippen molar-refractivity contribution in [2.45, 2.75) is 13.1 Å². The quantitative estimate of drug-likeness (QED) is 0.183. The second-order valence-electron chi connectivity index (χ2n) is 13.5. The highest BCUT2D eigenvalue weighted by Gasteiger charge is 2.22. The molecule has 10 rings (SSSR count). The number of aromatic nitrogens is 3. The number of hydrogen-bond acceptors (Lipinski definition) is 3. The van der Waals surface area contributed by atoms with Gasteiger partial charge in [0.25, 0.3) is 0 Å². The van der Waals surface area contributed by atoms with Crippen LogP contribution >= 0.6 is 0 Å². The Labute approximate surface area is 302 Å². The summed E-state index contributed by atoms with van der Waals surface area (Å²) in [4.78, 5) is 11.1. The minimum absolute atomic E-state index is 0.818. The number of rotatable bonds is 5. The first-order chi connectivity index (χ1) is 25.8. The normalized spacial score (nSPS) is 12.4. The van der Waals surface area contributed by atoms with Crippen LogP contribution in [-0.2, 0) is 13.1 Å². The Bertz CT molecular complexity index is 2620. The molecule has 6 aromatic carbocycles. The van der Waals surface area contributed by atoms with Gasteiger partial charge in [-0.05, 0) is 141 Å². The van der Waals surface area contributed by atoms with E-state index in [0.29, 0.717) is 0 Å². The first kappa shape index (κ1) is 30.1. The van der Waals surface area contributed by atoms with Crippen LogP contribution in [0.4, 0.5) is 5.69 Å². The summed E-state index contributed by atoms with van der Waals surface area (Å²) >= 11 is 0. The predicted octanol–water partition coefficient (Wildman–Crippen LogP) is 11.8. The molecule has 1 aliphatic rings. The fourth-order valence-corrected chi connectivity index (χ4v) is 7.94. The van der Waals surface area contributed by atoms with Gasteiger partial charge in [-0.1, -0.05) is 72.8 Å². The van der Waals surface area contributed by atoms with Crippen molar-refractivity contribution in [3.63, 3.8) is 0 Å². The lowest BCUT2D eigenvalue weighted by atomic mass is 9.90. The smallest absolute Gasteiger partial charge is 0.0541 e. The Morgan fingerprint density at radius 2 is 0.865 bits per heavy atom. The molecule has 0 fully saturated rings. The standard InChI is InChI=1S/C48H34N4/c1-2-8-41(9-3-1)51-31-36-15-14-35(40-27-38(33-18-22-49-23-19-33)26-39(28-40)34-20-24-50-25-21-34)29-45(36)46-30-42(17-16-37(46)32-51)52-47-12-6-4-10-43(47)44-11-5-7-13-48(44)52/h1-30H,31-32H2. The number of anilines is 1. The van der Waals surface area contributed by atoms with E-state index in [4.69, 9.17) is 0 Å². The highest BCUT2D eigenvalue weighted by atomic mass is 15.1. The summed E-state index contributed by atoms with van der Waals surface area (Å²) in [6.45, 7) is 1.64. The highest BCUT2D eigenvalue weighted by molar-refractivity contribution is 6.09. The summed E-state index contributed by atoms with van der Waals surface area (Å²) in [5.74, 6) is 0. The van der Waals surface area contributed by atoms with E-state index in [-0.39, 0.29) is 0 Å². The van der Waals surface area contributed by atoms with E-state index in [1.54, 1.807) is 0 Å². The molecule has 0 amide bonds. The second-order valence-corrected chi connectivity index (χ2v) is 13.5. The van der Waals surface area contributed by atoms with Gasteiger partial charge < -0.3 is 9.47 Å². The summed E-state index contributed by atoms with van der Waals surface area (Å²) in [6, 6.07) is 57.6. The topological polar surface area (TPSA) is 34.0 Å². The summed E-state index contributed by atoms with van der Waals surface area (Å²) in [5.41, 5.74) is 17.0. The lowest BCUT2D eigenvalue weighted by molar-refractivity contribution is 0.812. The monoisotopic (exact) mass is 666 g/mol. The molecule has 0 saturated carbocycles. The van der Waals surface area contributed by atoms with Gasteiger partial charge in [0.2, 0.25) is 0 Å². The van der Waals surface area contributed by atoms with E-state index in [0.717, 1.165) is 35.3 Å². The molecule has 4 heterocycles. The number of benzene rings is 6. The molecule has 1 aliphatic heterocycles. The van der Waals surface area contributed by atoms with Gasteiger partial charge in [-0.15, -0.1) is 0 Å². The van der Waals surface area contributed by atoms with Crippen LogP contribution in [0.2, 0.25) is 0 Å². The average molecular weight is 667 g/mol. The minimum atomic E-state index is 0.818. The van der Waals surface area contributed by atoms with Crippen LogP contribution in [0.5, 0.6) is 0 Å². The van der Waals surface area contributed by atoms with Crippen LogP contribution < -0.4 is 4.90 Å². The molecule has 0 saturated heterocycles. The highest BCUT2D eigenvalue weighted by Crippen LogP contribution is 2.41. The molecule has 9 aromatic rings. The number of nitrogens with zero attached hydrogens (tertiary/aromatic N) is 4. The van der Waals surface area contributed by atoms with Crippen LogP contribution in [0, 0.1) is 0 Å². The van der Waals surface area contributed by atoms with Crippen LogP contribution in [0.25, 0.3) is 72.0 Å². The maximum Gasteiger partial charge on any atom is 0.0541 e. The van der Waals surface area contributed by atoms with Crippen molar-refractivity contribution in [2.24, 2.45) is 0 Å². The second kappa shape index (κ2) is 12.5. The summed E-state index contributed by atoms with van der Waals surface area (Å²) in [7, 11) is 0. The van der Waals surface area contributed by atoms with Crippen molar-refractivity contribution in [3.8, 4) is 50.2 Å². The number of para-hydroxylation sites is 3. The van der Waals surface area contributed by atoms with E-state index >= 15 is 0 Å². The predicted molar refractivity (Wildman–Crippen MR) is 214 cm³/mol. The maximum absolute atomic E-state index is 4.28. The molecule has 0 unspecified atom stereocenters. The van der Waals surface area contributed by atoms with Crippen molar-refractivity contribution in [1.82, 2.24) is 14.5 Å². The molecule has 0 N–H and O–H groups in total. The Balaban J connectivity index is 1.18. The Kier molecular flexibility index (Phi) is 7.24. The average Bonchev–Trinajstić information content (AvgIpc) is 3.46. The van der Waals surface area contributed by atoms with Crippen molar-refractivity contribution in [1.29, 1.82) is 0 Å². The van der Waals surface area contributed by atoms with Crippen molar-refractivity contribution >= 4 is 27.5 Å². The van der Waals surface area contributed by atoms with Gasteiger partial charge in [-0.3, -0.25) is 9.97 Å². The molecule has 0 bridgehead atoms. The first-order valence-corrected chi connectivity index (χ1v) is 17.8. The lowest BCUT2D eigenvalue weighted by Crippen LogP contribution is -2.20. The number of fused-ring (bicyclic) bond motifs is 6. The molecule has 246 valence electrons. The zero-order chi connectivity index (χ0) is 34.4. The molecular formula is C48H34N4. The minimum Gasteiger partial charge on any atom is -0.363 e. The fourth-order valence-electron chi connectivity index (χ4n) is 7.94. The molecular weight excluding hydrogens is 633 g/mol. The van der Waals surface area contributed by atoms with E-state index in [1.165, 1.54) is 66.6 Å². The van der Waals surface area contributed by atoms with Crippen LogP contribution in [0.15, 0.2) is 183 Å². The fraction of sp³-hybridized carbons (Fsp3) is 0.0417. The van der Waals surface area contributed by atoms with Crippen molar-refractivity contribution < 1.29 is 0 Å². The van der Waals surface area contributed by atoms with Gasteiger partial charge in [0, 0.05) is 60.0 Å². The van der Waals surface area contributed by atoms with E-state index < -0.39 is 0 Å². The zero-order valence-electron chi connectivity index (χ0n) is 28.5. The largest absolute Gasteiger partial charge is 0.363 e. The molecule has 0 atom stereocenters. The lowest BCUT2D eigenvalue weighted by Gasteiger charge is -2.24. The van der Waals surface area contributed by atoms with E-state index in [1.807, 2.05) is 24.8 Å². The van der Waals surface area contributed by atoms with Gasteiger partial charge in [-0.25, -0.2) is 0 Å². The zero-order valence-corrected chi connectivity index (χ0v) is 28.5. The van der Waals surface area contributed by atoms with Gasteiger partial charge in [0.1, 0.15) is 0 Å². The third kappa shape index (κ3) is 5.24. The van der Waals surface area contributed by atoms with Crippen LogP contribution in [-0.4, -0.2) is 14.5 Å². The number of pyridine rings is 2. The Hall–Kier alpha value is -6.78. The third-order valence-electron chi connectivity index (χ3n) is 10.5. The molecule has 3 aromatic heterocycles. The Morgan fingerprint density at radius 1 is 0.365 bits per heavy atom. The third-order valence-corrected chi connectivity index (χ3v) is 10.5. The SMILES string of the molecule is c1ccc(N2Cc3ccc(-c4cc(-c5ccncc5)cc(-c5ccncc5)c4)cc3-c3cc(-n4c5ccccc5c5ccccc54)ccc3C2)cc1. The van der Waals surface area contributed by atoms with Crippen molar-refractivity contribution in [2.75, 3.05) is 4.90 Å². The van der Waals surface area contributed by atoms with Crippen molar-refractivity contribution in [3.05, 3.63) is 194 Å². The van der Waals surface area contributed by atoms with E-state index in [2.05, 4.69) is 177 Å². The summed E-state index contributed by atoms with van der Waals surface area (Å²) in [6.07, 6.45) is 7.45. The van der Waals surface area contributed by atoms with Gasteiger partial charge in [0.15, 0.2) is 0 Å². The van der Waals surface area contributed by atoms with E-state index in [9.17, 15) is 0 Å². The van der Waals surface area contributed by atoms with Crippen LogP contribution in [0.3, 0.4) is 0 Å². The first-order valence-electron chi connectivity index (χ1n) is 17.8. The summed E-state index contributed by atoms with van der Waals surface area (Å²) < 4.78 is 2.42. The molecule has 4 heteroatoms. The summed E-state index contributed by atoms with van der Waals surface area (Å²) in [5, 5.41) is 2.54. The molecule has 52 heavy (non-hydrogen) atoms. The maximum atomic E-state index is 4.28. The van der Waals surface area contributed by atoms with Gasteiger partial charge in [0.05, 0.1) is 11.0 Å². The molecule has 0 spiro atoms. The molecule has 4 nitrogen and oxygen atoms in total.